The molecule has 1 heterocycles. The number of aryl methyl sites for hydroxylation is 2. The molecule has 4 nitrogen and oxygen atoms in total. The zero-order valence-electron chi connectivity index (χ0n) is 46.9. The van der Waals surface area contributed by atoms with Crippen molar-refractivity contribution in [3.05, 3.63) is 304 Å². The highest BCUT2D eigenvalue weighted by Gasteiger charge is 2.52. The Labute approximate surface area is 473 Å². The molecular weight excluding hydrogens is 969 g/mol. The summed E-state index contributed by atoms with van der Waals surface area (Å²) in [6.07, 6.45) is 2.03. The van der Waals surface area contributed by atoms with Gasteiger partial charge >= 0.3 is 0 Å². The number of rotatable bonds is 9. The molecule has 0 bridgehead atoms. The van der Waals surface area contributed by atoms with Crippen molar-refractivity contribution in [2.75, 3.05) is 4.90 Å². The van der Waals surface area contributed by atoms with E-state index in [1.165, 1.54) is 77.9 Å². The molecule has 0 N–H and O–H groups in total. The van der Waals surface area contributed by atoms with Gasteiger partial charge in [0.15, 0.2) is 5.84 Å². The molecule has 1 aliphatic heterocycles. The quantitative estimate of drug-likeness (QED) is 0.105. The molecule has 390 valence electrons. The Morgan fingerprint density at radius 1 is 0.438 bits per heavy atom. The number of hydrogen-bond acceptors (Lipinski definition) is 3. The van der Waals surface area contributed by atoms with E-state index in [2.05, 4.69) is 257 Å². The van der Waals surface area contributed by atoms with Gasteiger partial charge in [0.2, 0.25) is 0 Å². The molecule has 4 heteroatoms. The second-order valence-electron chi connectivity index (χ2n) is 21.7. The van der Waals surface area contributed by atoms with Crippen molar-refractivity contribution in [2.45, 2.75) is 72.1 Å². The summed E-state index contributed by atoms with van der Waals surface area (Å²) in [5.41, 5.74) is 27.0. The van der Waals surface area contributed by atoms with Crippen LogP contribution in [0.1, 0.15) is 109 Å². The number of nitrogens with zero attached hydrogens (tertiary/aromatic N) is 4. The number of hydrogen-bond donors (Lipinski definition) is 0. The van der Waals surface area contributed by atoms with Crippen LogP contribution in [0, 0.1) is 13.8 Å². The molecule has 0 unspecified atom stereocenters. The van der Waals surface area contributed by atoms with Gasteiger partial charge in [-0.2, -0.15) is 0 Å². The SMILES string of the molecule is C=C(N=C(N=C(C)c1ccccc1)c1ccc2c(c1)C1(c3cc(-c4cccc(C)c4)ccc3-2)c2ccccc2N(c2ccccc2)c2ccccc21)c1ccc2c(c1)C(CC)(CC)c1ccccc1-2.CC(C)=Nc1ccccc1C. The molecule has 0 amide bonds. The second-order valence-corrected chi connectivity index (χ2v) is 21.7. The van der Waals surface area contributed by atoms with Gasteiger partial charge < -0.3 is 4.90 Å². The Hall–Kier alpha value is -9.25. The number of anilines is 3. The van der Waals surface area contributed by atoms with Crippen LogP contribution in [-0.2, 0) is 10.8 Å². The third kappa shape index (κ3) is 8.76. The Kier molecular flexibility index (Phi) is 13.6. The molecular formula is C76H66N4. The summed E-state index contributed by atoms with van der Waals surface area (Å²) in [4.78, 5) is 17.8. The standard InChI is InChI=1S/C66H53N3.C10H13N/c1-6-65(7-2)56-28-15-14-27-52(56)53-36-33-47(40-59(53)65)45(5)68-64(67-44(4)46-22-10-8-11-23-46)50-35-38-55-54-37-34-49(48-24-20-21-43(3)39-48)41-60(54)66(61(55)42-50)57-29-16-18-31-62(57)69(51-25-12-9-13-26-51)63-32-19-17-30-58(63)66;1-8(2)11-10-7-5-4-6-9(10)3/h8-42H,5-7H2,1-4H3;4-7H,1-3H3. The van der Waals surface area contributed by atoms with Gasteiger partial charge in [0.1, 0.15) is 0 Å². The van der Waals surface area contributed by atoms with Crippen LogP contribution in [0.25, 0.3) is 39.1 Å². The van der Waals surface area contributed by atoms with Crippen molar-refractivity contribution in [3.63, 3.8) is 0 Å². The third-order valence-corrected chi connectivity index (χ3v) is 16.8. The predicted molar refractivity (Wildman–Crippen MR) is 339 cm³/mol. The first-order valence-corrected chi connectivity index (χ1v) is 28.2. The van der Waals surface area contributed by atoms with E-state index in [1.807, 2.05) is 38.1 Å². The Balaban J connectivity index is 0.000000520. The van der Waals surface area contributed by atoms with Gasteiger partial charge in [-0.15, -0.1) is 0 Å². The van der Waals surface area contributed by atoms with Crippen molar-refractivity contribution >= 4 is 45.7 Å². The fourth-order valence-corrected chi connectivity index (χ4v) is 13.0. The van der Waals surface area contributed by atoms with Gasteiger partial charge in [-0.1, -0.05) is 214 Å². The molecule has 2 aliphatic carbocycles. The summed E-state index contributed by atoms with van der Waals surface area (Å²) in [5, 5.41) is 0. The van der Waals surface area contributed by atoms with E-state index in [0.29, 0.717) is 11.5 Å². The number of benzene rings is 10. The first-order valence-electron chi connectivity index (χ1n) is 28.2. The molecule has 0 saturated heterocycles. The van der Waals surface area contributed by atoms with Crippen molar-refractivity contribution in [1.82, 2.24) is 0 Å². The van der Waals surface area contributed by atoms with E-state index in [1.54, 1.807) is 0 Å². The molecule has 0 radical (unpaired) electrons. The zero-order valence-corrected chi connectivity index (χ0v) is 46.9. The van der Waals surface area contributed by atoms with Gasteiger partial charge in [-0.25, -0.2) is 9.98 Å². The van der Waals surface area contributed by atoms with Crippen molar-refractivity contribution in [1.29, 1.82) is 0 Å². The number of aliphatic imine (C=N–C) groups is 3. The highest BCUT2D eigenvalue weighted by Crippen LogP contribution is 2.64. The highest BCUT2D eigenvalue weighted by atomic mass is 15.2. The highest BCUT2D eigenvalue weighted by molar-refractivity contribution is 6.13. The first-order chi connectivity index (χ1) is 39.0. The van der Waals surface area contributed by atoms with E-state index in [9.17, 15) is 0 Å². The van der Waals surface area contributed by atoms with Gasteiger partial charge in [0.25, 0.3) is 0 Å². The lowest BCUT2D eigenvalue weighted by Gasteiger charge is -2.45. The first kappa shape index (κ1) is 51.5. The van der Waals surface area contributed by atoms with Gasteiger partial charge in [0, 0.05) is 28.1 Å². The fourth-order valence-electron chi connectivity index (χ4n) is 13.0. The Morgan fingerprint density at radius 3 is 1.64 bits per heavy atom. The summed E-state index contributed by atoms with van der Waals surface area (Å²) in [5.74, 6) is 0.625. The van der Waals surface area contributed by atoms with Gasteiger partial charge in [0.05, 0.1) is 28.2 Å². The molecule has 10 aromatic carbocycles. The molecule has 0 atom stereocenters. The zero-order chi connectivity index (χ0) is 55.1. The molecule has 0 fully saturated rings. The summed E-state index contributed by atoms with van der Waals surface area (Å²) in [6.45, 7) is 19.7. The fraction of sp³-hybridized carbons (Fsp3) is 0.145. The van der Waals surface area contributed by atoms with Crippen molar-refractivity contribution in [2.24, 2.45) is 15.0 Å². The average Bonchev–Trinajstić information content (AvgIpc) is 4.10. The van der Waals surface area contributed by atoms with Crippen LogP contribution >= 0.6 is 0 Å². The average molecular weight is 1040 g/mol. The van der Waals surface area contributed by atoms with Crippen LogP contribution < -0.4 is 4.90 Å². The molecule has 10 aromatic rings. The molecule has 80 heavy (non-hydrogen) atoms. The molecule has 3 aliphatic rings. The summed E-state index contributed by atoms with van der Waals surface area (Å²) < 4.78 is 0. The van der Waals surface area contributed by atoms with E-state index < -0.39 is 5.41 Å². The third-order valence-electron chi connectivity index (χ3n) is 16.8. The maximum atomic E-state index is 5.49. The van der Waals surface area contributed by atoms with Crippen LogP contribution in [-0.4, -0.2) is 17.3 Å². The van der Waals surface area contributed by atoms with E-state index in [0.717, 1.165) is 63.7 Å². The second kappa shape index (κ2) is 21.2. The lowest BCUT2D eigenvalue weighted by Crippen LogP contribution is -2.36. The Morgan fingerprint density at radius 2 is 0.975 bits per heavy atom. The van der Waals surface area contributed by atoms with Crippen molar-refractivity contribution in [3.8, 4) is 33.4 Å². The minimum atomic E-state index is -0.683. The van der Waals surface area contributed by atoms with Crippen LogP contribution in [0.2, 0.25) is 0 Å². The number of para-hydroxylation sites is 4. The largest absolute Gasteiger partial charge is 0.310 e. The topological polar surface area (TPSA) is 40.3 Å². The lowest BCUT2D eigenvalue weighted by molar-refractivity contribution is 0.490. The van der Waals surface area contributed by atoms with Crippen molar-refractivity contribution < 1.29 is 0 Å². The molecule has 1 spiro atoms. The number of amidine groups is 1. The maximum Gasteiger partial charge on any atom is 0.160 e. The summed E-state index contributed by atoms with van der Waals surface area (Å²) in [6, 6.07) is 86.0. The summed E-state index contributed by atoms with van der Waals surface area (Å²) >= 11 is 0. The van der Waals surface area contributed by atoms with Gasteiger partial charge in [-0.3, -0.25) is 4.99 Å². The monoisotopic (exact) mass is 1030 g/mol. The van der Waals surface area contributed by atoms with E-state index >= 15 is 0 Å². The number of fused-ring (bicyclic) bond motifs is 12. The smallest absolute Gasteiger partial charge is 0.160 e. The summed E-state index contributed by atoms with van der Waals surface area (Å²) in [7, 11) is 0. The maximum absolute atomic E-state index is 5.49. The minimum absolute atomic E-state index is 0.0675. The van der Waals surface area contributed by atoms with E-state index in [4.69, 9.17) is 16.6 Å². The Bertz CT molecular complexity index is 4060. The minimum Gasteiger partial charge on any atom is -0.310 e. The van der Waals surface area contributed by atoms with Crippen LogP contribution in [0.5, 0.6) is 0 Å². The van der Waals surface area contributed by atoms with Crippen LogP contribution in [0.4, 0.5) is 22.7 Å². The predicted octanol–water partition coefficient (Wildman–Crippen LogP) is 19.9. The molecule has 0 saturated carbocycles. The normalized spacial score (nSPS) is 13.9. The molecule has 0 aromatic heterocycles. The molecule has 13 rings (SSSR count). The van der Waals surface area contributed by atoms with Crippen LogP contribution in [0.3, 0.4) is 0 Å². The lowest BCUT2D eigenvalue weighted by atomic mass is 9.64. The van der Waals surface area contributed by atoms with Gasteiger partial charge in [-0.05, 0) is 179 Å². The van der Waals surface area contributed by atoms with Crippen LogP contribution in [0.15, 0.2) is 258 Å². The van der Waals surface area contributed by atoms with E-state index in [-0.39, 0.29) is 5.41 Å².